The lowest BCUT2D eigenvalue weighted by atomic mass is 9.76. The molecule has 102 valence electrons. The maximum absolute atomic E-state index is 9.42. The van der Waals surface area contributed by atoms with Crippen LogP contribution >= 0.6 is 0 Å². The average molecular weight is 258 g/mol. The number of nitriles is 1. The Labute approximate surface area is 115 Å². The van der Waals surface area contributed by atoms with Gasteiger partial charge in [-0.1, -0.05) is 25.3 Å². The van der Waals surface area contributed by atoms with Crippen molar-refractivity contribution in [3.63, 3.8) is 0 Å². The largest absolute Gasteiger partial charge is 0.492 e. The second-order valence-electron chi connectivity index (χ2n) is 5.63. The normalized spacial score (nSPS) is 17.5. The van der Waals surface area contributed by atoms with Crippen LogP contribution in [0.3, 0.4) is 0 Å². The Morgan fingerprint density at radius 3 is 2.63 bits per heavy atom. The summed E-state index contributed by atoms with van der Waals surface area (Å²) in [5.41, 5.74) is 0.846. The van der Waals surface area contributed by atoms with E-state index in [1.54, 1.807) is 0 Å². The standard InChI is InChI=1S/C16H22N2O/c1-18(2)14-7-6-8-15(11-14)19-13-16(12-17)9-4-3-5-10-16/h6-8,11H,3-5,9-10,13H2,1-2H3. The van der Waals surface area contributed by atoms with Crippen LogP contribution in [-0.2, 0) is 0 Å². The van der Waals surface area contributed by atoms with Crippen LogP contribution in [0.1, 0.15) is 32.1 Å². The van der Waals surface area contributed by atoms with Crippen LogP contribution < -0.4 is 9.64 Å². The van der Waals surface area contributed by atoms with Gasteiger partial charge in [-0.05, 0) is 25.0 Å². The molecule has 0 aliphatic heterocycles. The quantitative estimate of drug-likeness (QED) is 0.827. The molecule has 2 rings (SSSR count). The summed E-state index contributed by atoms with van der Waals surface area (Å²) in [5, 5.41) is 9.42. The molecule has 1 saturated carbocycles. The molecule has 0 bridgehead atoms. The van der Waals surface area contributed by atoms with Gasteiger partial charge in [0.15, 0.2) is 0 Å². The molecule has 1 fully saturated rings. The third-order valence-electron chi connectivity index (χ3n) is 3.90. The first-order valence-corrected chi connectivity index (χ1v) is 6.97. The van der Waals surface area contributed by atoms with Crippen LogP contribution in [0.5, 0.6) is 5.75 Å². The van der Waals surface area contributed by atoms with Crippen LogP contribution in [0.2, 0.25) is 0 Å². The fourth-order valence-electron chi connectivity index (χ4n) is 2.59. The van der Waals surface area contributed by atoms with Gasteiger partial charge in [0.1, 0.15) is 12.4 Å². The van der Waals surface area contributed by atoms with E-state index in [1.807, 2.05) is 43.3 Å². The number of anilines is 1. The maximum atomic E-state index is 9.42. The first-order chi connectivity index (χ1) is 9.15. The van der Waals surface area contributed by atoms with E-state index in [4.69, 9.17) is 4.74 Å². The highest BCUT2D eigenvalue weighted by molar-refractivity contribution is 5.49. The lowest BCUT2D eigenvalue weighted by molar-refractivity contribution is 0.150. The first-order valence-electron chi connectivity index (χ1n) is 6.97. The summed E-state index contributed by atoms with van der Waals surface area (Å²) in [6.45, 7) is 0.514. The Hall–Kier alpha value is -1.69. The molecule has 0 amide bonds. The molecule has 0 heterocycles. The van der Waals surface area contributed by atoms with E-state index in [0.29, 0.717) is 6.61 Å². The van der Waals surface area contributed by atoms with Crippen molar-refractivity contribution in [3.8, 4) is 11.8 Å². The molecule has 0 aromatic heterocycles. The highest BCUT2D eigenvalue weighted by Gasteiger charge is 2.33. The first kappa shape index (κ1) is 13.7. The van der Waals surface area contributed by atoms with Gasteiger partial charge in [0, 0.05) is 25.8 Å². The second kappa shape index (κ2) is 5.97. The molecule has 19 heavy (non-hydrogen) atoms. The summed E-state index contributed by atoms with van der Waals surface area (Å²) < 4.78 is 5.88. The molecule has 0 unspecified atom stereocenters. The highest BCUT2D eigenvalue weighted by Crippen LogP contribution is 2.36. The van der Waals surface area contributed by atoms with Crippen LogP contribution in [0.25, 0.3) is 0 Å². The molecule has 1 aromatic carbocycles. The van der Waals surface area contributed by atoms with Crippen molar-refractivity contribution in [2.24, 2.45) is 5.41 Å². The fourth-order valence-corrected chi connectivity index (χ4v) is 2.59. The number of nitrogens with zero attached hydrogens (tertiary/aromatic N) is 2. The minimum atomic E-state index is -0.271. The molecule has 0 saturated heterocycles. The van der Waals surface area contributed by atoms with Crippen molar-refractivity contribution in [2.75, 3.05) is 25.6 Å². The Morgan fingerprint density at radius 2 is 2.00 bits per heavy atom. The predicted octanol–water partition coefficient (Wildman–Crippen LogP) is 3.61. The monoisotopic (exact) mass is 258 g/mol. The lowest BCUT2D eigenvalue weighted by Gasteiger charge is -2.30. The molecule has 0 radical (unpaired) electrons. The van der Waals surface area contributed by atoms with E-state index < -0.39 is 0 Å². The molecular formula is C16H22N2O. The second-order valence-corrected chi connectivity index (χ2v) is 5.63. The zero-order valence-electron chi connectivity index (χ0n) is 11.9. The summed E-state index contributed by atoms with van der Waals surface area (Å²) in [6, 6.07) is 10.5. The zero-order valence-corrected chi connectivity index (χ0v) is 11.9. The highest BCUT2D eigenvalue weighted by atomic mass is 16.5. The summed E-state index contributed by atoms with van der Waals surface area (Å²) in [6.07, 6.45) is 5.48. The SMILES string of the molecule is CN(C)c1cccc(OCC2(C#N)CCCCC2)c1. The van der Waals surface area contributed by atoms with Gasteiger partial charge in [-0.3, -0.25) is 0 Å². The topological polar surface area (TPSA) is 36.3 Å². The lowest BCUT2D eigenvalue weighted by Crippen LogP contribution is -2.29. The van der Waals surface area contributed by atoms with Gasteiger partial charge in [-0.15, -0.1) is 0 Å². The zero-order chi connectivity index (χ0) is 13.7. The summed E-state index contributed by atoms with van der Waals surface area (Å²) >= 11 is 0. The van der Waals surface area contributed by atoms with Crippen molar-refractivity contribution in [1.82, 2.24) is 0 Å². The number of hydrogen-bond acceptors (Lipinski definition) is 3. The average Bonchev–Trinajstić information content (AvgIpc) is 2.46. The molecular weight excluding hydrogens is 236 g/mol. The third-order valence-corrected chi connectivity index (χ3v) is 3.90. The van der Waals surface area contributed by atoms with Gasteiger partial charge in [0.2, 0.25) is 0 Å². The fraction of sp³-hybridized carbons (Fsp3) is 0.562. The van der Waals surface area contributed by atoms with Gasteiger partial charge in [0.25, 0.3) is 0 Å². The minimum Gasteiger partial charge on any atom is -0.492 e. The summed E-state index contributed by atoms with van der Waals surface area (Å²) in [7, 11) is 4.02. The predicted molar refractivity (Wildman–Crippen MR) is 77.4 cm³/mol. The summed E-state index contributed by atoms with van der Waals surface area (Å²) in [4.78, 5) is 2.05. The van der Waals surface area contributed by atoms with Crippen LogP contribution in [0.4, 0.5) is 5.69 Å². The van der Waals surface area contributed by atoms with E-state index in [-0.39, 0.29) is 5.41 Å². The van der Waals surface area contributed by atoms with E-state index in [9.17, 15) is 5.26 Å². The Morgan fingerprint density at radius 1 is 1.26 bits per heavy atom. The van der Waals surface area contributed by atoms with Crippen LogP contribution in [-0.4, -0.2) is 20.7 Å². The summed E-state index contributed by atoms with van der Waals surface area (Å²) in [5.74, 6) is 0.853. The molecule has 0 N–H and O–H groups in total. The van der Waals surface area contributed by atoms with Crippen molar-refractivity contribution >= 4 is 5.69 Å². The molecule has 0 spiro atoms. The number of hydrogen-bond donors (Lipinski definition) is 0. The smallest absolute Gasteiger partial charge is 0.121 e. The third kappa shape index (κ3) is 3.41. The molecule has 0 atom stereocenters. The molecule has 1 aromatic rings. The minimum absolute atomic E-state index is 0.271. The van der Waals surface area contributed by atoms with Crippen LogP contribution in [0, 0.1) is 16.7 Å². The molecule has 3 nitrogen and oxygen atoms in total. The van der Waals surface area contributed by atoms with Gasteiger partial charge >= 0.3 is 0 Å². The van der Waals surface area contributed by atoms with Crippen molar-refractivity contribution in [1.29, 1.82) is 5.26 Å². The van der Waals surface area contributed by atoms with Gasteiger partial charge < -0.3 is 9.64 Å². The van der Waals surface area contributed by atoms with Gasteiger partial charge in [-0.2, -0.15) is 5.26 Å². The van der Waals surface area contributed by atoms with Gasteiger partial charge in [0.05, 0.1) is 11.5 Å². The van der Waals surface area contributed by atoms with Crippen molar-refractivity contribution in [2.45, 2.75) is 32.1 Å². The molecule has 3 heteroatoms. The Balaban J connectivity index is 2.01. The molecule has 1 aliphatic carbocycles. The van der Waals surface area contributed by atoms with E-state index in [2.05, 4.69) is 6.07 Å². The number of benzene rings is 1. The van der Waals surface area contributed by atoms with E-state index in [0.717, 1.165) is 37.1 Å². The van der Waals surface area contributed by atoms with Crippen molar-refractivity contribution in [3.05, 3.63) is 24.3 Å². The van der Waals surface area contributed by atoms with Crippen LogP contribution in [0.15, 0.2) is 24.3 Å². The van der Waals surface area contributed by atoms with E-state index in [1.165, 1.54) is 6.42 Å². The van der Waals surface area contributed by atoms with E-state index >= 15 is 0 Å². The number of rotatable bonds is 4. The Kier molecular flexibility index (Phi) is 4.31. The Bertz CT molecular complexity index is 456. The maximum Gasteiger partial charge on any atom is 0.121 e. The number of ether oxygens (including phenoxy) is 1. The van der Waals surface area contributed by atoms with Crippen molar-refractivity contribution < 1.29 is 4.74 Å². The molecule has 1 aliphatic rings. The van der Waals surface area contributed by atoms with Gasteiger partial charge in [-0.25, -0.2) is 0 Å².